The van der Waals surface area contributed by atoms with Crippen molar-refractivity contribution < 1.29 is 0 Å². The molecule has 0 aliphatic rings. The van der Waals surface area contributed by atoms with Crippen molar-refractivity contribution in [3.8, 4) is 11.4 Å². The molecule has 3 rings (SSSR count). The van der Waals surface area contributed by atoms with E-state index in [1.54, 1.807) is 0 Å². The predicted molar refractivity (Wildman–Crippen MR) is 102 cm³/mol. The van der Waals surface area contributed by atoms with Crippen molar-refractivity contribution >= 4 is 11.0 Å². The maximum Gasteiger partial charge on any atom is 0.141 e. The first-order valence-corrected chi connectivity index (χ1v) is 8.71. The van der Waals surface area contributed by atoms with Gasteiger partial charge in [0.2, 0.25) is 0 Å². The van der Waals surface area contributed by atoms with Gasteiger partial charge in [-0.05, 0) is 74.6 Å². The number of hydrogen-bond donors (Lipinski definition) is 1. The molecule has 126 valence electrons. The van der Waals surface area contributed by atoms with E-state index in [1.165, 1.54) is 27.8 Å². The molecule has 0 aliphatic carbocycles. The van der Waals surface area contributed by atoms with E-state index in [0.717, 1.165) is 29.9 Å². The fraction of sp³-hybridized carbons (Fsp3) is 0.381. The summed E-state index contributed by atoms with van der Waals surface area (Å²) in [6.07, 6.45) is 0.955. The maximum absolute atomic E-state index is 6.28. The van der Waals surface area contributed by atoms with Gasteiger partial charge in [0.15, 0.2) is 0 Å². The second-order valence-corrected chi connectivity index (χ2v) is 6.94. The van der Waals surface area contributed by atoms with Crippen molar-refractivity contribution in [2.75, 3.05) is 0 Å². The number of hydrogen-bond acceptors (Lipinski definition) is 2. The maximum atomic E-state index is 6.28. The van der Waals surface area contributed by atoms with Crippen LogP contribution in [0, 0.1) is 27.7 Å². The zero-order chi connectivity index (χ0) is 17.4. The van der Waals surface area contributed by atoms with Gasteiger partial charge in [-0.2, -0.15) is 0 Å². The summed E-state index contributed by atoms with van der Waals surface area (Å²) in [5.41, 5.74) is 14.8. The quantitative estimate of drug-likeness (QED) is 0.758. The van der Waals surface area contributed by atoms with Crippen LogP contribution in [0.5, 0.6) is 0 Å². The Hall–Kier alpha value is -2.13. The van der Waals surface area contributed by atoms with Gasteiger partial charge in [-0.25, -0.2) is 4.98 Å². The summed E-state index contributed by atoms with van der Waals surface area (Å²) in [5.74, 6) is 1.02. The smallest absolute Gasteiger partial charge is 0.141 e. The standard InChI is InChI=1S/C21H27N3/c1-6-18(22)12-24-20-11-16(5)15(4)10-19(20)23-21(24)17-8-7-13(2)14(3)9-17/h7-11,18H,6,12,22H2,1-5H3. The van der Waals surface area contributed by atoms with Crippen LogP contribution < -0.4 is 5.73 Å². The molecule has 3 nitrogen and oxygen atoms in total. The van der Waals surface area contributed by atoms with Crippen molar-refractivity contribution in [3.05, 3.63) is 52.6 Å². The number of fused-ring (bicyclic) bond motifs is 1. The van der Waals surface area contributed by atoms with E-state index in [4.69, 9.17) is 10.7 Å². The molecular formula is C21H27N3. The average Bonchev–Trinajstić information content (AvgIpc) is 2.88. The summed E-state index contributed by atoms with van der Waals surface area (Å²) >= 11 is 0. The molecule has 0 radical (unpaired) electrons. The van der Waals surface area contributed by atoms with Crippen LogP contribution in [0.15, 0.2) is 30.3 Å². The highest BCUT2D eigenvalue weighted by Gasteiger charge is 2.16. The molecule has 1 atom stereocenters. The van der Waals surface area contributed by atoms with Gasteiger partial charge in [-0.1, -0.05) is 19.1 Å². The fourth-order valence-corrected chi connectivity index (χ4v) is 3.03. The van der Waals surface area contributed by atoms with Gasteiger partial charge >= 0.3 is 0 Å². The zero-order valence-corrected chi connectivity index (χ0v) is 15.4. The predicted octanol–water partition coefficient (Wildman–Crippen LogP) is 4.67. The number of aryl methyl sites for hydroxylation is 4. The minimum absolute atomic E-state index is 0.134. The molecule has 2 N–H and O–H groups in total. The lowest BCUT2D eigenvalue weighted by atomic mass is 10.1. The van der Waals surface area contributed by atoms with Crippen LogP contribution in [0.1, 0.15) is 35.6 Å². The lowest BCUT2D eigenvalue weighted by Gasteiger charge is -2.15. The molecule has 1 heterocycles. The summed E-state index contributed by atoms with van der Waals surface area (Å²) in [7, 11) is 0. The minimum Gasteiger partial charge on any atom is -0.326 e. The second-order valence-electron chi connectivity index (χ2n) is 6.94. The Morgan fingerprint density at radius 2 is 1.62 bits per heavy atom. The minimum atomic E-state index is 0.134. The van der Waals surface area contributed by atoms with Gasteiger partial charge in [-0.15, -0.1) is 0 Å². The second kappa shape index (κ2) is 6.40. The summed E-state index contributed by atoms with van der Waals surface area (Å²) in [4.78, 5) is 4.95. The molecule has 2 aromatic carbocycles. The molecule has 0 saturated carbocycles. The van der Waals surface area contributed by atoms with E-state index in [9.17, 15) is 0 Å². The third kappa shape index (κ3) is 2.96. The largest absolute Gasteiger partial charge is 0.326 e. The van der Waals surface area contributed by atoms with Crippen molar-refractivity contribution in [2.45, 2.75) is 53.6 Å². The molecule has 0 aliphatic heterocycles. The number of imidazole rings is 1. The van der Waals surface area contributed by atoms with E-state index in [0.29, 0.717) is 0 Å². The van der Waals surface area contributed by atoms with Crippen LogP contribution in [0.2, 0.25) is 0 Å². The van der Waals surface area contributed by atoms with Gasteiger partial charge in [0.25, 0.3) is 0 Å². The first-order chi connectivity index (χ1) is 11.4. The van der Waals surface area contributed by atoms with Gasteiger partial charge < -0.3 is 10.3 Å². The Morgan fingerprint density at radius 3 is 2.29 bits per heavy atom. The summed E-state index contributed by atoms with van der Waals surface area (Å²) in [6, 6.07) is 11.1. The molecule has 1 aromatic heterocycles. The zero-order valence-electron chi connectivity index (χ0n) is 15.4. The van der Waals surface area contributed by atoms with Gasteiger partial charge in [0.05, 0.1) is 11.0 Å². The van der Waals surface area contributed by atoms with Crippen LogP contribution in [-0.4, -0.2) is 15.6 Å². The third-order valence-electron chi connectivity index (χ3n) is 5.07. The Bertz CT molecular complexity index is 890. The SMILES string of the molecule is CCC(N)Cn1c(-c2ccc(C)c(C)c2)nc2cc(C)c(C)cc21. The lowest BCUT2D eigenvalue weighted by molar-refractivity contribution is 0.551. The van der Waals surface area contributed by atoms with Crippen LogP contribution >= 0.6 is 0 Å². The Kier molecular flexibility index (Phi) is 4.46. The molecule has 0 saturated heterocycles. The summed E-state index contributed by atoms with van der Waals surface area (Å²) in [6.45, 7) is 11.5. The molecule has 0 bridgehead atoms. The number of benzene rings is 2. The van der Waals surface area contributed by atoms with E-state index < -0.39 is 0 Å². The van der Waals surface area contributed by atoms with Crippen molar-refractivity contribution in [2.24, 2.45) is 5.73 Å². The third-order valence-corrected chi connectivity index (χ3v) is 5.07. The normalized spacial score (nSPS) is 12.8. The van der Waals surface area contributed by atoms with Crippen molar-refractivity contribution in [1.29, 1.82) is 0 Å². The Balaban J connectivity index is 2.24. The highest BCUT2D eigenvalue weighted by atomic mass is 15.1. The monoisotopic (exact) mass is 321 g/mol. The lowest BCUT2D eigenvalue weighted by Crippen LogP contribution is -2.25. The van der Waals surface area contributed by atoms with Gasteiger partial charge in [0, 0.05) is 18.2 Å². The molecule has 0 fully saturated rings. The highest BCUT2D eigenvalue weighted by Crippen LogP contribution is 2.28. The molecule has 0 amide bonds. The molecule has 1 unspecified atom stereocenters. The first-order valence-electron chi connectivity index (χ1n) is 8.71. The average molecular weight is 321 g/mol. The van der Waals surface area contributed by atoms with Crippen LogP contribution in [0.3, 0.4) is 0 Å². The van der Waals surface area contributed by atoms with E-state index in [2.05, 4.69) is 69.5 Å². The number of nitrogens with zero attached hydrogens (tertiary/aromatic N) is 2. The fourth-order valence-electron chi connectivity index (χ4n) is 3.03. The number of rotatable bonds is 4. The van der Waals surface area contributed by atoms with E-state index in [-0.39, 0.29) is 6.04 Å². The summed E-state index contributed by atoms with van der Waals surface area (Å²) < 4.78 is 2.29. The Labute approximate surface area is 144 Å². The van der Waals surface area contributed by atoms with Crippen molar-refractivity contribution in [1.82, 2.24) is 9.55 Å². The van der Waals surface area contributed by atoms with Gasteiger partial charge in [0.1, 0.15) is 5.82 Å². The van der Waals surface area contributed by atoms with Gasteiger partial charge in [-0.3, -0.25) is 0 Å². The first kappa shape index (κ1) is 16.7. The summed E-state index contributed by atoms with van der Waals surface area (Å²) in [5, 5.41) is 0. The molecule has 3 aromatic rings. The van der Waals surface area contributed by atoms with Crippen LogP contribution in [-0.2, 0) is 6.54 Å². The van der Waals surface area contributed by atoms with Crippen LogP contribution in [0.25, 0.3) is 22.4 Å². The highest BCUT2D eigenvalue weighted by molar-refractivity contribution is 5.82. The van der Waals surface area contributed by atoms with E-state index >= 15 is 0 Å². The number of nitrogens with two attached hydrogens (primary N) is 1. The van der Waals surface area contributed by atoms with Crippen molar-refractivity contribution in [3.63, 3.8) is 0 Å². The number of aromatic nitrogens is 2. The molecule has 0 spiro atoms. The topological polar surface area (TPSA) is 43.8 Å². The molecule has 24 heavy (non-hydrogen) atoms. The molecule has 3 heteroatoms. The van der Waals surface area contributed by atoms with E-state index in [1.807, 2.05) is 0 Å². The molecular weight excluding hydrogens is 294 g/mol. The Morgan fingerprint density at radius 1 is 0.958 bits per heavy atom. The van der Waals surface area contributed by atoms with Crippen LogP contribution in [0.4, 0.5) is 0 Å².